The average Bonchev–Trinajstić information content (AvgIpc) is 3.08. The van der Waals surface area contributed by atoms with Crippen molar-refractivity contribution in [2.45, 2.75) is 6.18 Å². The number of rotatable bonds is 3. The van der Waals surface area contributed by atoms with E-state index in [0.29, 0.717) is 31.9 Å². The second kappa shape index (κ2) is 6.27. The van der Waals surface area contributed by atoms with Crippen LogP contribution in [0.2, 0.25) is 0 Å². The van der Waals surface area contributed by atoms with Crippen LogP contribution >= 0.6 is 11.3 Å². The van der Waals surface area contributed by atoms with Crippen molar-refractivity contribution < 1.29 is 18.1 Å². The van der Waals surface area contributed by atoms with Gasteiger partial charge in [0.25, 0.3) is 5.69 Å². The van der Waals surface area contributed by atoms with E-state index in [-0.39, 0.29) is 0 Å². The standard InChI is InChI=1S/C14H13F3N4O2S/c15-14(16,17)11-9-10(1-2-12(11)21(22)23)19-4-6-20(7-5-19)13-18-3-8-24-13/h1-3,8-9H,4-7H2. The number of nitro benzene ring substituents is 1. The third-order valence-electron chi connectivity index (χ3n) is 3.82. The van der Waals surface area contributed by atoms with Crippen LogP contribution in [0.3, 0.4) is 0 Å². The molecule has 1 saturated heterocycles. The molecule has 24 heavy (non-hydrogen) atoms. The number of nitrogens with zero attached hydrogens (tertiary/aromatic N) is 4. The molecule has 0 radical (unpaired) electrons. The van der Waals surface area contributed by atoms with E-state index in [0.717, 1.165) is 17.3 Å². The SMILES string of the molecule is O=[N+]([O-])c1ccc(N2CCN(c3nccs3)CC2)cc1C(F)(F)F. The summed E-state index contributed by atoms with van der Waals surface area (Å²) in [5.41, 5.74) is -1.80. The maximum absolute atomic E-state index is 13.1. The summed E-state index contributed by atoms with van der Waals surface area (Å²) in [5, 5.41) is 13.6. The van der Waals surface area contributed by atoms with Gasteiger partial charge in [0.1, 0.15) is 5.56 Å². The summed E-state index contributed by atoms with van der Waals surface area (Å²) in [4.78, 5) is 17.9. The highest BCUT2D eigenvalue weighted by Gasteiger charge is 2.39. The zero-order valence-corrected chi connectivity index (χ0v) is 13.2. The monoisotopic (exact) mass is 358 g/mol. The van der Waals surface area contributed by atoms with Crippen LogP contribution in [0.5, 0.6) is 0 Å². The minimum atomic E-state index is -4.76. The summed E-state index contributed by atoms with van der Waals surface area (Å²) < 4.78 is 39.2. The lowest BCUT2D eigenvalue weighted by Crippen LogP contribution is -2.46. The number of nitro groups is 1. The quantitative estimate of drug-likeness (QED) is 0.622. The molecule has 0 N–H and O–H groups in total. The molecule has 0 atom stereocenters. The lowest BCUT2D eigenvalue weighted by Gasteiger charge is -2.36. The highest BCUT2D eigenvalue weighted by atomic mass is 32.1. The third-order valence-corrected chi connectivity index (χ3v) is 4.65. The molecule has 128 valence electrons. The Bertz CT molecular complexity index is 728. The summed E-state index contributed by atoms with van der Waals surface area (Å²) in [6, 6.07) is 3.15. The van der Waals surface area contributed by atoms with Gasteiger partial charge in [-0.05, 0) is 12.1 Å². The van der Waals surface area contributed by atoms with Crippen molar-refractivity contribution in [3.8, 4) is 0 Å². The first kappa shape index (κ1) is 16.5. The summed E-state index contributed by atoms with van der Waals surface area (Å²) in [6.07, 6.45) is -3.06. The van der Waals surface area contributed by atoms with E-state index in [1.165, 1.54) is 17.4 Å². The number of piperazine rings is 1. The van der Waals surface area contributed by atoms with Gasteiger partial charge in [0.05, 0.1) is 4.92 Å². The molecule has 0 spiro atoms. The molecule has 0 bridgehead atoms. The maximum atomic E-state index is 13.1. The van der Waals surface area contributed by atoms with Gasteiger partial charge in [-0.2, -0.15) is 13.2 Å². The minimum Gasteiger partial charge on any atom is -0.368 e. The Morgan fingerprint density at radius 2 is 1.83 bits per heavy atom. The molecule has 2 aromatic rings. The molecule has 1 aliphatic heterocycles. The van der Waals surface area contributed by atoms with Crippen LogP contribution in [0.1, 0.15) is 5.56 Å². The van der Waals surface area contributed by atoms with Crippen molar-refractivity contribution >= 4 is 27.8 Å². The second-order valence-electron chi connectivity index (χ2n) is 5.25. The summed E-state index contributed by atoms with van der Waals surface area (Å²) in [7, 11) is 0. The van der Waals surface area contributed by atoms with E-state index in [1.54, 1.807) is 11.1 Å². The molecule has 0 aliphatic carbocycles. The number of hydrogen-bond donors (Lipinski definition) is 0. The lowest BCUT2D eigenvalue weighted by atomic mass is 10.1. The molecular weight excluding hydrogens is 345 g/mol. The Morgan fingerprint density at radius 1 is 1.17 bits per heavy atom. The molecule has 0 unspecified atom stereocenters. The maximum Gasteiger partial charge on any atom is 0.423 e. The van der Waals surface area contributed by atoms with Crippen molar-refractivity contribution in [3.05, 3.63) is 45.5 Å². The van der Waals surface area contributed by atoms with E-state index in [9.17, 15) is 23.3 Å². The average molecular weight is 358 g/mol. The van der Waals surface area contributed by atoms with Crippen LogP contribution in [-0.4, -0.2) is 36.1 Å². The number of hydrogen-bond acceptors (Lipinski definition) is 6. The first-order chi connectivity index (χ1) is 11.4. The van der Waals surface area contributed by atoms with Gasteiger partial charge in [0, 0.05) is 49.5 Å². The molecule has 6 nitrogen and oxygen atoms in total. The van der Waals surface area contributed by atoms with E-state index >= 15 is 0 Å². The van der Waals surface area contributed by atoms with Crippen LogP contribution < -0.4 is 9.80 Å². The number of thiazole rings is 1. The highest BCUT2D eigenvalue weighted by Crippen LogP contribution is 2.38. The van der Waals surface area contributed by atoms with Crippen LogP contribution in [-0.2, 0) is 6.18 Å². The molecule has 1 aromatic heterocycles. The molecule has 1 aromatic carbocycles. The Labute approximate surface area is 139 Å². The molecule has 0 amide bonds. The Morgan fingerprint density at radius 3 is 2.38 bits per heavy atom. The predicted molar refractivity (Wildman–Crippen MR) is 84.6 cm³/mol. The van der Waals surface area contributed by atoms with E-state index in [4.69, 9.17) is 0 Å². The van der Waals surface area contributed by atoms with Gasteiger partial charge in [0.15, 0.2) is 5.13 Å². The normalized spacial score (nSPS) is 15.6. The second-order valence-corrected chi connectivity index (χ2v) is 6.12. The number of benzene rings is 1. The van der Waals surface area contributed by atoms with Crippen LogP contribution in [0, 0.1) is 10.1 Å². The van der Waals surface area contributed by atoms with Crippen molar-refractivity contribution in [1.29, 1.82) is 0 Å². The van der Waals surface area contributed by atoms with Gasteiger partial charge in [-0.15, -0.1) is 11.3 Å². The number of aromatic nitrogens is 1. The van der Waals surface area contributed by atoms with Gasteiger partial charge in [-0.25, -0.2) is 4.98 Å². The number of halogens is 3. The van der Waals surface area contributed by atoms with Gasteiger partial charge in [-0.1, -0.05) is 0 Å². The first-order valence-electron chi connectivity index (χ1n) is 7.11. The summed E-state index contributed by atoms with van der Waals surface area (Å²) in [5.74, 6) is 0. The fourth-order valence-electron chi connectivity index (χ4n) is 2.64. The van der Waals surface area contributed by atoms with Crippen molar-refractivity contribution in [3.63, 3.8) is 0 Å². The van der Waals surface area contributed by atoms with Gasteiger partial charge >= 0.3 is 6.18 Å². The first-order valence-corrected chi connectivity index (χ1v) is 7.99. The topological polar surface area (TPSA) is 62.5 Å². The highest BCUT2D eigenvalue weighted by molar-refractivity contribution is 7.13. The number of alkyl halides is 3. The van der Waals surface area contributed by atoms with Gasteiger partial charge < -0.3 is 9.80 Å². The number of anilines is 2. The predicted octanol–water partition coefficient (Wildman–Crippen LogP) is 3.40. The minimum absolute atomic E-state index is 0.340. The molecule has 3 rings (SSSR count). The van der Waals surface area contributed by atoms with Gasteiger partial charge in [-0.3, -0.25) is 10.1 Å². The fraction of sp³-hybridized carbons (Fsp3) is 0.357. The smallest absolute Gasteiger partial charge is 0.368 e. The molecule has 1 aliphatic rings. The summed E-state index contributed by atoms with van der Waals surface area (Å²) >= 11 is 1.51. The molecule has 1 fully saturated rings. The lowest BCUT2D eigenvalue weighted by molar-refractivity contribution is -0.388. The molecule has 2 heterocycles. The Hall–Kier alpha value is -2.36. The van der Waals surface area contributed by atoms with Crippen molar-refractivity contribution in [1.82, 2.24) is 4.98 Å². The molecular formula is C14H13F3N4O2S. The van der Waals surface area contributed by atoms with E-state index in [1.807, 2.05) is 5.38 Å². The van der Waals surface area contributed by atoms with E-state index < -0.39 is 22.4 Å². The third kappa shape index (κ3) is 3.28. The van der Waals surface area contributed by atoms with Crippen molar-refractivity contribution in [2.75, 3.05) is 36.0 Å². The fourth-order valence-corrected chi connectivity index (χ4v) is 3.33. The molecule has 10 heteroatoms. The van der Waals surface area contributed by atoms with Crippen LogP contribution in [0.4, 0.5) is 29.7 Å². The van der Waals surface area contributed by atoms with Crippen LogP contribution in [0.15, 0.2) is 29.8 Å². The Balaban J connectivity index is 1.80. The summed E-state index contributed by atoms with van der Waals surface area (Å²) in [6.45, 7) is 2.31. The zero-order chi connectivity index (χ0) is 17.3. The largest absolute Gasteiger partial charge is 0.423 e. The van der Waals surface area contributed by atoms with Gasteiger partial charge in [0.2, 0.25) is 0 Å². The van der Waals surface area contributed by atoms with E-state index in [2.05, 4.69) is 9.88 Å². The van der Waals surface area contributed by atoms with Crippen LogP contribution in [0.25, 0.3) is 0 Å². The Kier molecular flexibility index (Phi) is 4.31. The molecule has 0 saturated carbocycles. The van der Waals surface area contributed by atoms with Crippen molar-refractivity contribution in [2.24, 2.45) is 0 Å². The zero-order valence-electron chi connectivity index (χ0n) is 12.4.